The van der Waals surface area contributed by atoms with Crippen molar-refractivity contribution in [3.8, 4) is 11.3 Å². The molecule has 111 valence electrons. The molecule has 1 aliphatic heterocycles. The Bertz CT molecular complexity index is 864. The van der Waals surface area contributed by atoms with Gasteiger partial charge in [-0.25, -0.2) is 9.50 Å². The topological polar surface area (TPSA) is 33.4 Å². The zero-order valence-corrected chi connectivity index (χ0v) is 13.4. The molecule has 0 bridgehead atoms. The molecule has 0 N–H and O–H groups in total. The van der Waals surface area contributed by atoms with Gasteiger partial charge in [-0.3, -0.25) is 0 Å². The zero-order valence-electron chi connectivity index (χ0n) is 12.6. The largest absolute Gasteiger partial charge is 0.368 e. The Morgan fingerprint density at radius 1 is 1.18 bits per heavy atom. The van der Waals surface area contributed by atoms with Crippen molar-refractivity contribution in [2.45, 2.75) is 20.3 Å². The van der Waals surface area contributed by atoms with E-state index in [-0.39, 0.29) is 0 Å². The summed E-state index contributed by atoms with van der Waals surface area (Å²) in [6.07, 6.45) is 6.18. The summed E-state index contributed by atoms with van der Waals surface area (Å²) in [5.74, 6) is 0. The highest BCUT2D eigenvalue weighted by Gasteiger charge is 2.20. The van der Waals surface area contributed by atoms with Crippen LogP contribution in [0.4, 0.5) is 5.69 Å². The van der Waals surface area contributed by atoms with Crippen LogP contribution in [0.3, 0.4) is 0 Å². The van der Waals surface area contributed by atoms with E-state index in [9.17, 15) is 0 Å². The average Bonchev–Trinajstić information content (AvgIpc) is 2.88. The molecule has 0 amide bonds. The standard InChI is InChI=1S/C17H16ClN4/c1-11-4-5-13(12(2)16(11)18)15-10-19-17-14(21-8-3-9-21)6-7-20-22(15)17/h4-7H,3,8-9H2,1-2H3. The fourth-order valence-corrected chi connectivity index (χ4v) is 3.05. The van der Waals surface area contributed by atoms with Crippen molar-refractivity contribution in [2.24, 2.45) is 0 Å². The van der Waals surface area contributed by atoms with E-state index < -0.39 is 0 Å². The lowest BCUT2D eigenvalue weighted by atomic mass is 10.0. The van der Waals surface area contributed by atoms with E-state index in [1.807, 2.05) is 36.7 Å². The quantitative estimate of drug-likeness (QED) is 0.724. The minimum atomic E-state index is 0.791. The average molecular weight is 312 g/mol. The fraction of sp³-hybridized carbons (Fsp3) is 0.294. The highest BCUT2D eigenvalue weighted by Crippen LogP contribution is 2.32. The van der Waals surface area contributed by atoms with Gasteiger partial charge in [0.25, 0.3) is 0 Å². The summed E-state index contributed by atoms with van der Waals surface area (Å²) in [7, 11) is 0. The van der Waals surface area contributed by atoms with Gasteiger partial charge >= 0.3 is 0 Å². The van der Waals surface area contributed by atoms with Gasteiger partial charge in [-0.2, -0.15) is 5.10 Å². The van der Waals surface area contributed by atoms with E-state index in [4.69, 9.17) is 11.6 Å². The Morgan fingerprint density at radius 2 is 2.00 bits per heavy atom. The first kappa shape index (κ1) is 13.6. The lowest BCUT2D eigenvalue weighted by molar-refractivity contribution is 0.617. The number of fused-ring (bicyclic) bond motifs is 1. The number of aryl methyl sites for hydroxylation is 1. The van der Waals surface area contributed by atoms with E-state index in [1.165, 1.54) is 6.42 Å². The van der Waals surface area contributed by atoms with Crippen molar-refractivity contribution in [2.75, 3.05) is 18.0 Å². The highest BCUT2D eigenvalue weighted by molar-refractivity contribution is 6.32. The predicted octanol–water partition coefficient (Wildman–Crippen LogP) is 3.68. The van der Waals surface area contributed by atoms with E-state index in [2.05, 4.69) is 27.2 Å². The number of nitrogens with zero attached hydrogens (tertiary/aromatic N) is 4. The van der Waals surface area contributed by atoms with E-state index in [0.29, 0.717) is 0 Å². The molecule has 4 nitrogen and oxygen atoms in total. The first-order chi connectivity index (χ1) is 10.7. The third-order valence-corrected chi connectivity index (χ3v) is 4.94. The second-order valence-electron chi connectivity index (χ2n) is 5.73. The molecule has 4 rings (SSSR count). The van der Waals surface area contributed by atoms with Crippen molar-refractivity contribution < 1.29 is 0 Å². The van der Waals surface area contributed by atoms with Gasteiger partial charge in [0.05, 0.1) is 11.9 Å². The minimum Gasteiger partial charge on any atom is -0.368 e. The molecule has 22 heavy (non-hydrogen) atoms. The zero-order chi connectivity index (χ0) is 15.3. The Labute approximate surface area is 134 Å². The molecule has 0 saturated carbocycles. The molecule has 2 aromatic heterocycles. The summed E-state index contributed by atoms with van der Waals surface area (Å²) in [5.41, 5.74) is 5.97. The molecule has 1 aromatic carbocycles. The number of aromatic nitrogens is 3. The molecule has 0 unspecified atom stereocenters. The van der Waals surface area contributed by atoms with Crippen LogP contribution in [0.25, 0.3) is 16.9 Å². The molecular weight excluding hydrogens is 296 g/mol. The monoisotopic (exact) mass is 311 g/mol. The summed E-state index contributed by atoms with van der Waals surface area (Å²) in [6, 6.07) is 6.11. The van der Waals surface area contributed by atoms with Crippen LogP contribution in [-0.2, 0) is 0 Å². The van der Waals surface area contributed by atoms with Gasteiger partial charge in [-0.15, -0.1) is 0 Å². The molecule has 0 aliphatic carbocycles. The molecule has 0 atom stereocenters. The summed E-state index contributed by atoms with van der Waals surface area (Å²) < 4.78 is 1.86. The summed E-state index contributed by atoms with van der Waals surface area (Å²) >= 11 is 6.39. The Hall–Kier alpha value is -2.07. The number of halogens is 1. The third kappa shape index (κ3) is 1.91. The lowest BCUT2D eigenvalue weighted by Gasteiger charge is -2.32. The van der Waals surface area contributed by atoms with Gasteiger partial charge in [0, 0.05) is 23.7 Å². The fourth-order valence-electron chi connectivity index (χ4n) is 2.89. The number of benzene rings is 1. The van der Waals surface area contributed by atoms with Gasteiger partial charge in [-0.05, 0) is 37.5 Å². The minimum absolute atomic E-state index is 0.791. The number of hydrogen-bond donors (Lipinski definition) is 0. The van der Waals surface area contributed by atoms with Crippen LogP contribution < -0.4 is 4.90 Å². The van der Waals surface area contributed by atoms with E-state index in [0.717, 1.165) is 51.8 Å². The Kier molecular flexibility index (Phi) is 3.08. The number of anilines is 1. The molecular formula is C17H16ClN4. The van der Waals surface area contributed by atoms with E-state index in [1.54, 1.807) is 0 Å². The van der Waals surface area contributed by atoms with Crippen LogP contribution in [0, 0.1) is 20.0 Å². The Balaban J connectivity index is 1.92. The molecule has 5 heteroatoms. The summed E-state index contributed by atoms with van der Waals surface area (Å²) in [4.78, 5) is 6.80. The SMILES string of the molecule is Cc1ccc(-c2[c]nc3c(N4CCC4)ccnn23)c(C)c1Cl. The van der Waals surface area contributed by atoms with Gasteiger partial charge in [0.2, 0.25) is 0 Å². The molecule has 1 radical (unpaired) electrons. The van der Waals surface area contributed by atoms with Crippen LogP contribution in [0.15, 0.2) is 24.4 Å². The first-order valence-electron chi connectivity index (χ1n) is 7.43. The maximum Gasteiger partial charge on any atom is 0.178 e. The van der Waals surface area contributed by atoms with Crippen molar-refractivity contribution in [3.63, 3.8) is 0 Å². The first-order valence-corrected chi connectivity index (χ1v) is 7.81. The van der Waals surface area contributed by atoms with Crippen molar-refractivity contribution in [1.82, 2.24) is 14.6 Å². The lowest BCUT2D eigenvalue weighted by Crippen LogP contribution is -2.37. The van der Waals surface area contributed by atoms with Crippen molar-refractivity contribution in [1.29, 1.82) is 0 Å². The Morgan fingerprint density at radius 3 is 2.73 bits per heavy atom. The normalized spacial score (nSPS) is 14.4. The maximum atomic E-state index is 6.39. The maximum absolute atomic E-state index is 6.39. The van der Waals surface area contributed by atoms with Crippen molar-refractivity contribution >= 4 is 22.9 Å². The smallest absolute Gasteiger partial charge is 0.178 e. The third-order valence-electron chi connectivity index (χ3n) is 4.36. The molecule has 0 spiro atoms. The summed E-state index contributed by atoms with van der Waals surface area (Å²) in [5, 5.41) is 5.26. The second kappa shape index (κ2) is 4.99. The molecule has 1 saturated heterocycles. The highest BCUT2D eigenvalue weighted by atomic mass is 35.5. The molecule has 1 aliphatic rings. The number of rotatable bonds is 2. The van der Waals surface area contributed by atoms with Crippen molar-refractivity contribution in [3.05, 3.63) is 46.7 Å². The van der Waals surface area contributed by atoms with Gasteiger partial charge in [0.1, 0.15) is 11.9 Å². The van der Waals surface area contributed by atoms with Crippen LogP contribution in [0.1, 0.15) is 17.5 Å². The van der Waals surface area contributed by atoms with Crippen LogP contribution in [-0.4, -0.2) is 27.7 Å². The molecule has 3 aromatic rings. The van der Waals surface area contributed by atoms with Crippen LogP contribution in [0.2, 0.25) is 5.02 Å². The predicted molar refractivity (Wildman–Crippen MR) is 88.6 cm³/mol. The molecule has 3 heterocycles. The van der Waals surface area contributed by atoms with Gasteiger partial charge < -0.3 is 4.90 Å². The van der Waals surface area contributed by atoms with Crippen LogP contribution in [0.5, 0.6) is 0 Å². The summed E-state index contributed by atoms with van der Waals surface area (Å²) in [6.45, 7) is 6.20. The van der Waals surface area contributed by atoms with Gasteiger partial charge in [-0.1, -0.05) is 23.7 Å². The van der Waals surface area contributed by atoms with Crippen LogP contribution >= 0.6 is 11.6 Å². The second-order valence-corrected chi connectivity index (χ2v) is 6.11. The number of imidazole rings is 1. The van der Waals surface area contributed by atoms with Gasteiger partial charge in [0.15, 0.2) is 5.65 Å². The number of hydrogen-bond acceptors (Lipinski definition) is 3. The molecule has 1 fully saturated rings. The van der Waals surface area contributed by atoms with E-state index >= 15 is 0 Å².